The molecule has 0 aliphatic rings. The number of hydrogen-bond donors (Lipinski definition) is 3. The maximum Gasteiger partial charge on any atom is 0.407 e. The highest BCUT2D eigenvalue weighted by molar-refractivity contribution is 9.10. The number of benzene rings is 1. The maximum atomic E-state index is 12.7. The lowest BCUT2D eigenvalue weighted by molar-refractivity contribution is -0.132. The molecule has 2 heterocycles. The number of halogens is 1. The Morgan fingerprint density at radius 2 is 1.97 bits per heavy atom. The van der Waals surface area contributed by atoms with Crippen molar-refractivity contribution in [3.8, 4) is 11.3 Å². The van der Waals surface area contributed by atoms with E-state index in [0.29, 0.717) is 12.4 Å². The van der Waals surface area contributed by atoms with Crippen molar-refractivity contribution >= 4 is 38.8 Å². The van der Waals surface area contributed by atoms with Crippen LogP contribution in [-0.2, 0) is 9.53 Å². The summed E-state index contributed by atoms with van der Waals surface area (Å²) in [5.41, 5.74) is 4.05. The van der Waals surface area contributed by atoms with Gasteiger partial charge in [-0.3, -0.25) is 4.79 Å². The minimum Gasteiger partial charge on any atom is -0.453 e. The second-order valence-corrected chi connectivity index (χ2v) is 8.67. The second kappa shape index (κ2) is 12.4. The number of aromatic amines is 2. The summed E-state index contributed by atoms with van der Waals surface area (Å²) in [6, 6.07) is 3.77. The number of aromatic nitrogens is 3. The highest BCUT2D eigenvalue weighted by Gasteiger charge is 2.24. The van der Waals surface area contributed by atoms with Crippen LogP contribution in [0.2, 0.25) is 0 Å². The van der Waals surface area contributed by atoms with Crippen molar-refractivity contribution in [1.82, 2.24) is 25.2 Å². The molecule has 0 saturated carbocycles. The first-order valence-corrected chi connectivity index (χ1v) is 12.0. The van der Waals surface area contributed by atoms with Crippen LogP contribution in [0.5, 0.6) is 0 Å². The molecule has 8 nitrogen and oxygen atoms in total. The van der Waals surface area contributed by atoms with Gasteiger partial charge in [0.15, 0.2) is 0 Å². The predicted molar refractivity (Wildman–Crippen MR) is 135 cm³/mol. The molecule has 1 aromatic carbocycles. The van der Waals surface area contributed by atoms with E-state index in [4.69, 9.17) is 0 Å². The Morgan fingerprint density at radius 1 is 1.27 bits per heavy atom. The molecule has 0 aliphatic carbocycles. The quantitative estimate of drug-likeness (QED) is 0.372. The zero-order chi connectivity index (χ0) is 24.5. The van der Waals surface area contributed by atoms with Crippen LogP contribution in [0.15, 0.2) is 29.0 Å². The number of methoxy groups -OCH3 is 1. The molecule has 0 saturated heterocycles. The summed E-state index contributed by atoms with van der Waals surface area (Å²) in [4.78, 5) is 36.9. The SMILES string of the molecule is CCC.CCCN(C(=O)CNC(=O)OC)C(C)c1ncc(-c2ccc(Br)c3c(C)c[nH]c23)[nH]1. The number of carbonyl (C=O) groups is 2. The van der Waals surface area contributed by atoms with Gasteiger partial charge in [0.05, 0.1) is 30.6 Å². The van der Waals surface area contributed by atoms with E-state index in [2.05, 4.69) is 61.7 Å². The fraction of sp³-hybridized carbons (Fsp3) is 0.458. The minimum absolute atomic E-state index is 0.125. The first-order chi connectivity index (χ1) is 15.8. The Balaban J connectivity index is 0.00000122. The number of hydrogen-bond acceptors (Lipinski definition) is 4. The van der Waals surface area contributed by atoms with Crippen LogP contribution in [0.3, 0.4) is 0 Å². The van der Waals surface area contributed by atoms with E-state index in [1.807, 2.05) is 32.2 Å². The standard InChI is InChI=1S/C21H26BrN5O3.C3H8/c1-5-8-27(17(28)11-25-21(29)30-4)13(3)20-24-10-16(26-20)14-6-7-15(22)18-12(2)9-23-19(14)18;1-3-2/h6-7,9-10,13,23H,5,8,11H2,1-4H3,(H,24,26)(H,25,29);3H2,1-2H3. The number of amides is 2. The van der Waals surface area contributed by atoms with Gasteiger partial charge in [0.25, 0.3) is 0 Å². The second-order valence-electron chi connectivity index (χ2n) is 7.81. The number of aryl methyl sites for hydroxylation is 1. The lowest BCUT2D eigenvalue weighted by Crippen LogP contribution is -2.42. The van der Waals surface area contributed by atoms with Gasteiger partial charge in [0.2, 0.25) is 5.91 Å². The summed E-state index contributed by atoms with van der Waals surface area (Å²) in [5, 5.41) is 3.58. The van der Waals surface area contributed by atoms with Crippen LogP contribution < -0.4 is 5.32 Å². The summed E-state index contributed by atoms with van der Waals surface area (Å²) < 4.78 is 5.57. The van der Waals surface area contributed by atoms with E-state index in [0.717, 1.165) is 38.6 Å². The van der Waals surface area contributed by atoms with E-state index in [-0.39, 0.29) is 18.5 Å². The number of nitrogens with one attached hydrogen (secondary N) is 3. The summed E-state index contributed by atoms with van der Waals surface area (Å²) in [6.45, 7) is 10.7. The number of imidazole rings is 1. The molecule has 0 aliphatic heterocycles. The number of H-pyrrole nitrogens is 2. The van der Waals surface area contributed by atoms with Crippen LogP contribution >= 0.6 is 15.9 Å². The number of carbonyl (C=O) groups excluding carboxylic acids is 2. The van der Waals surface area contributed by atoms with Gasteiger partial charge < -0.3 is 24.9 Å². The van der Waals surface area contributed by atoms with Gasteiger partial charge >= 0.3 is 6.09 Å². The van der Waals surface area contributed by atoms with Crippen molar-refractivity contribution in [3.63, 3.8) is 0 Å². The molecule has 0 radical (unpaired) electrons. The minimum atomic E-state index is -0.631. The first kappa shape index (κ1) is 26.4. The number of alkyl carbamates (subject to hydrolysis) is 1. The van der Waals surface area contributed by atoms with Crippen molar-refractivity contribution in [2.24, 2.45) is 0 Å². The third kappa shape index (κ3) is 6.37. The molecule has 3 rings (SSSR count). The molecule has 3 aromatic rings. The van der Waals surface area contributed by atoms with Crippen LogP contribution in [0.4, 0.5) is 4.79 Å². The van der Waals surface area contributed by atoms with Crippen molar-refractivity contribution in [2.45, 2.75) is 53.5 Å². The molecular weight excluding hydrogens is 486 g/mol. The zero-order valence-corrected chi connectivity index (χ0v) is 21.8. The van der Waals surface area contributed by atoms with Crippen molar-refractivity contribution in [1.29, 1.82) is 0 Å². The summed E-state index contributed by atoms with van der Waals surface area (Å²) in [7, 11) is 1.27. The van der Waals surface area contributed by atoms with Crippen LogP contribution in [0.1, 0.15) is 58.0 Å². The van der Waals surface area contributed by atoms with E-state index in [1.165, 1.54) is 13.5 Å². The highest BCUT2D eigenvalue weighted by atomic mass is 79.9. The van der Waals surface area contributed by atoms with Crippen molar-refractivity contribution in [2.75, 3.05) is 20.2 Å². The largest absolute Gasteiger partial charge is 0.453 e. The summed E-state index contributed by atoms with van der Waals surface area (Å²) in [6.07, 6.45) is 5.17. The van der Waals surface area contributed by atoms with Crippen molar-refractivity contribution in [3.05, 3.63) is 40.4 Å². The fourth-order valence-electron chi connectivity index (χ4n) is 3.52. The molecule has 2 aromatic heterocycles. The topological polar surface area (TPSA) is 103 Å². The normalized spacial score (nSPS) is 11.5. The van der Waals surface area contributed by atoms with Gasteiger partial charge in [-0.1, -0.05) is 43.1 Å². The number of fused-ring (bicyclic) bond motifs is 1. The molecule has 180 valence electrons. The van der Waals surface area contributed by atoms with Gasteiger partial charge in [0, 0.05) is 28.2 Å². The average Bonchev–Trinajstić information content (AvgIpc) is 3.44. The number of ether oxygens (including phenoxy) is 1. The first-order valence-electron chi connectivity index (χ1n) is 11.2. The van der Waals surface area contributed by atoms with Gasteiger partial charge in [-0.15, -0.1) is 0 Å². The predicted octanol–water partition coefficient (Wildman–Crippen LogP) is 5.70. The van der Waals surface area contributed by atoms with Crippen LogP contribution in [-0.4, -0.2) is 52.1 Å². The van der Waals surface area contributed by atoms with Gasteiger partial charge in [-0.2, -0.15) is 0 Å². The lowest BCUT2D eigenvalue weighted by atomic mass is 10.1. The fourth-order valence-corrected chi connectivity index (χ4v) is 4.16. The summed E-state index contributed by atoms with van der Waals surface area (Å²) >= 11 is 3.62. The van der Waals surface area contributed by atoms with E-state index < -0.39 is 6.09 Å². The molecule has 33 heavy (non-hydrogen) atoms. The van der Waals surface area contributed by atoms with E-state index in [1.54, 1.807) is 11.1 Å². The molecule has 3 N–H and O–H groups in total. The highest BCUT2D eigenvalue weighted by Crippen LogP contribution is 2.34. The molecule has 1 unspecified atom stereocenters. The van der Waals surface area contributed by atoms with Gasteiger partial charge in [0.1, 0.15) is 12.4 Å². The molecular formula is C24H34BrN5O3. The van der Waals surface area contributed by atoms with E-state index in [9.17, 15) is 9.59 Å². The molecule has 1 atom stereocenters. The number of rotatable bonds is 7. The lowest BCUT2D eigenvalue weighted by Gasteiger charge is -2.27. The van der Waals surface area contributed by atoms with Crippen LogP contribution in [0.25, 0.3) is 22.2 Å². The zero-order valence-electron chi connectivity index (χ0n) is 20.2. The Morgan fingerprint density at radius 3 is 2.61 bits per heavy atom. The average molecular weight is 520 g/mol. The molecule has 2 amide bonds. The van der Waals surface area contributed by atoms with Gasteiger partial charge in [-0.25, -0.2) is 9.78 Å². The molecule has 0 fully saturated rings. The van der Waals surface area contributed by atoms with Crippen molar-refractivity contribution < 1.29 is 14.3 Å². The molecule has 9 heteroatoms. The van der Waals surface area contributed by atoms with Gasteiger partial charge in [-0.05, 0) is 38.0 Å². The monoisotopic (exact) mass is 519 g/mol. The molecule has 0 bridgehead atoms. The van der Waals surface area contributed by atoms with Crippen LogP contribution in [0, 0.1) is 6.92 Å². The smallest absolute Gasteiger partial charge is 0.407 e. The third-order valence-electron chi connectivity index (χ3n) is 5.08. The Kier molecular flexibility index (Phi) is 9.96. The van der Waals surface area contributed by atoms with E-state index >= 15 is 0 Å². The third-order valence-corrected chi connectivity index (χ3v) is 5.75. The maximum absolute atomic E-state index is 12.7. The number of nitrogens with zero attached hydrogens (tertiary/aromatic N) is 2. The molecule has 0 spiro atoms. The Labute approximate surface area is 203 Å². The Hall–Kier alpha value is -2.81. The summed E-state index contributed by atoms with van der Waals surface area (Å²) in [5.74, 6) is 0.489. The Bertz CT molecular complexity index is 1080.